The van der Waals surface area contributed by atoms with Crippen molar-refractivity contribution in [1.29, 1.82) is 5.41 Å². The van der Waals surface area contributed by atoms with Crippen LogP contribution in [0.15, 0.2) is 12.5 Å². The van der Waals surface area contributed by atoms with Gasteiger partial charge in [0, 0.05) is 36.5 Å². The highest BCUT2D eigenvalue weighted by Crippen LogP contribution is 2.19. The molecule has 0 unspecified atom stereocenters. The molecule has 26 heteroatoms. The molecule has 0 saturated heterocycles. The van der Waals surface area contributed by atoms with Gasteiger partial charge < -0.3 is 74.5 Å². The Kier molecular flexibility index (Phi) is 25.9. The van der Waals surface area contributed by atoms with Gasteiger partial charge in [0.1, 0.15) is 36.0 Å². The molecule has 0 aliphatic heterocycles. The van der Waals surface area contributed by atoms with Crippen molar-refractivity contribution in [2.75, 3.05) is 26.3 Å². The van der Waals surface area contributed by atoms with Gasteiger partial charge in [-0.15, -0.1) is 0 Å². The number of hydrogen-bond acceptors (Lipinski definition) is 15. The van der Waals surface area contributed by atoms with Gasteiger partial charge in [0.15, 0.2) is 11.7 Å². The fourth-order valence-electron chi connectivity index (χ4n) is 6.73. The third kappa shape index (κ3) is 24.1. The molecule has 1 rings (SSSR count). The van der Waals surface area contributed by atoms with Gasteiger partial charge in [-0.2, -0.15) is 0 Å². The zero-order valence-electron chi connectivity index (χ0n) is 41.6. The van der Waals surface area contributed by atoms with Gasteiger partial charge in [0.05, 0.1) is 50.3 Å². The standard InChI is InChI=1S/C44H76N14O12/c1-23(2)14-30(58-44(7,8)9)40(69)56-31(20-59)36(65)50-19-34(63)52-26(12-10-11-13-49-42(46)47)37(66)57-32(21-60)41(70)54-28(15-24(3)61)38(67)55-29(17-33(45)62)39(68)53-27(35(64)43(4,5)6)16-25-18-48-22-51-25/h18,22-23,26-32,58-60H,10-17,19-21H2,1-9H3,(H2,45,62)(H,48,51)(H,50,65)(H,52,63)(H,53,68)(H,54,70)(H,55,67)(H,56,69)(H,57,66)(H4,46,47,49)/t26-,27-,28-,29+,30+,31-,32+/m1/s1. The maximum absolute atomic E-state index is 13.7. The Labute approximate surface area is 407 Å². The number of nitrogens with one attached hydrogen (secondary N) is 11. The number of aliphatic hydroxyl groups is 2. The van der Waals surface area contributed by atoms with Gasteiger partial charge in [0.2, 0.25) is 47.3 Å². The Hall–Kier alpha value is -6.54. The molecular formula is C44H76N14O12. The molecule has 0 fully saturated rings. The average Bonchev–Trinajstić information content (AvgIpc) is 3.76. The first-order chi connectivity index (χ1) is 32.5. The molecule has 0 bridgehead atoms. The Morgan fingerprint density at radius 1 is 0.671 bits per heavy atom. The number of carbonyl (C=O) groups is 10. The first-order valence-corrected chi connectivity index (χ1v) is 22.9. The number of Topliss-reactive ketones (excluding diaryl/α,β-unsaturated/α-hetero) is 2. The number of ketones is 2. The third-order valence-electron chi connectivity index (χ3n) is 10.1. The van der Waals surface area contributed by atoms with E-state index in [1.165, 1.54) is 12.5 Å². The Morgan fingerprint density at radius 2 is 1.17 bits per heavy atom. The lowest BCUT2D eigenvalue weighted by atomic mass is 9.84. The Bertz CT molecular complexity index is 1970. The summed E-state index contributed by atoms with van der Waals surface area (Å²) in [6, 6.07) is -9.98. The summed E-state index contributed by atoms with van der Waals surface area (Å²) < 4.78 is 0. The number of unbranched alkanes of at least 4 members (excludes halogenated alkanes) is 1. The van der Waals surface area contributed by atoms with Crippen LogP contribution < -0.4 is 59.3 Å². The van der Waals surface area contributed by atoms with Crippen LogP contribution in [-0.4, -0.2) is 159 Å². The molecule has 0 radical (unpaired) electrons. The topological polar surface area (TPSA) is 424 Å². The normalized spacial score (nSPS) is 14.5. The van der Waals surface area contributed by atoms with Gasteiger partial charge in [-0.25, -0.2) is 4.98 Å². The van der Waals surface area contributed by atoms with Crippen molar-refractivity contribution >= 4 is 64.8 Å². The van der Waals surface area contributed by atoms with Crippen LogP contribution in [0.3, 0.4) is 0 Å². The summed E-state index contributed by atoms with van der Waals surface area (Å²) in [5.74, 6) is -8.95. The molecule has 8 amide bonds. The first-order valence-electron chi connectivity index (χ1n) is 22.9. The number of aromatic nitrogens is 2. The maximum Gasteiger partial charge on any atom is 0.245 e. The number of aromatic amines is 1. The fourth-order valence-corrected chi connectivity index (χ4v) is 6.73. The molecule has 17 N–H and O–H groups in total. The van der Waals surface area contributed by atoms with Crippen LogP contribution >= 0.6 is 0 Å². The monoisotopic (exact) mass is 993 g/mol. The van der Waals surface area contributed by atoms with Gasteiger partial charge in [-0.1, -0.05) is 34.6 Å². The summed E-state index contributed by atoms with van der Waals surface area (Å²) in [5, 5.41) is 50.0. The molecular weight excluding hydrogens is 917 g/mol. The number of hydrogen-bond donors (Lipinski definition) is 15. The van der Waals surface area contributed by atoms with Crippen molar-refractivity contribution in [3.05, 3.63) is 18.2 Å². The summed E-state index contributed by atoms with van der Waals surface area (Å²) in [5.41, 5.74) is 9.75. The summed E-state index contributed by atoms with van der Waals surface area (Å²) in [6.07, 6.45) is 2.32. The van der Waals surface area contributed by atoms with Crippen molar-refractivity contribution in [1.82, 2.24) is 57.8 Å². The summed E-state index contributed by atoms with van der Waals surface area (Å²) in [4.78, 5) is 139. The second-order valence-corrected chi connectivity index (χ2v) is 19.4. The molecule has 0 aliphatic rings. The first kappa shape index (κ1) is 61.5. The van der Waals surface area contributed by atoms with Crippen LogP contribution in [0.1, 0.15) is 107 Å². The van der Waals surface area contributed by atoms with Crippen LogP contribution in [-0.2, 0) is 54.4 Å². The fraction of sp³-hybridized carbons (Fsp3) is 0.682. The molecule has 0 aromatic carbocycles. The van der Waals surface area contributed by atoms with Crippen LogP contribution in [0.2, 0.25) is 0 Å². The summed E-state index contributed by atoms with van der Waals surface area (Å²) in [6.45, 7) is 13.0. The second kappa shape index (κ2) is 29.5. The lowest BCUT2D eigenvalue weighted by molar-refractivity contribution is -0.137. The Morgan fingerprint density at radius 3 is 1.64 bits per heavy atom. The molecule has 1 aromatic heterocycles. The van der Waals surface area contributed by atoms with E-state index in [2.05, 4.69) is 57.8 Å². The number of guanidine groups is 1. The number of nitrogens with zero attached hydrogens (tertiary/aromatic N) is 1. The van der Waals surface area contributed by atoms with Gasteiger partial charge in [0.25, 0.3) is 0 Å². The van der Waals surface area contributed by atoms with Crippen molar-refractivity contribution < 1.29 is 58.2 Å². The molecule has 26 nitrogen and oxygen atoms in total. The number of primary amides is 1. The minimum absolute atomic E-state index is 0.0561. The van der Waals surface area contributed by atoms with E-state index in [0.717, 1.165) is 6.92 Å². The van der Waals surface area contributed by atoms with E-state index in [0.29, 0.717) is 18.5 Å². The number of H-pyrrole nitrogens is 1. The number of carbonyl (C=O) groups excluding carboxylic acids is 10. The number of rotatable bonds is 31. The lowest BCUT2D eigenvalue weighted by Gasteiger charge is -2.30. The van der Waals surface area contributed by atoms with Gasteiger partial charge >= 0.3 is 0 Å². The number of aliphatic hydroxyl groups excluding tert-OH is 2. The number of nitrogens with two attached hydrogens (primary N) is 2. The maximum atomic E-state index is 13.7. The van der Waals surface area contributed by atoms with Crippen molar-refractivity contribution in [3.8, 4) is 0 Å². The summed E-state index contributed by atoms with van der Waals surface area (Å²) in [7, 11) is 0. The van der Waals surface area contributed by atoms with Crippen molar-refractivity contribution in [2.24, 2.45) is 22.8 Å². The van der Waals surface area contributed by atoms with Crippen LogP contribution in [0.25, 0.3) is 0 Å². The molecule has 0 spiro atoms. The SMILES string of the molecule is CC(=O)C[C@@H](NC(=O)[C@H](CO)NC(=O)[C@@H](CCCCNC(=N)N)NC(=O)CNC(=O)[C@@H](CO)NC(=O)[C@H](CC(C)C)NC(C)(C)C)C(=O)N[C@@H](CC(N)=O)C(=O)N[C@H](Cc1c[nH]cn1)C(=O)C(C)(C)C. The van der Waals surface area contributed by atoms with Gasteiger partial charge in [-0.3, -0.25) is 53.4 Å². The van der Waals surface area contributed by atoms with E-state index in [1.807, 2.05) is 34.6 Å². The predicted molar refractivity (Wildman–Crippen MR) is 255 cm³/mol. The molecule has 7 atom stereocenters. The van der Waals surface area contributed by atoms with Crippen molar-refractivity contribution in [2.45, 2.75) is 155 Å². The molecule has 0 aliphatic carbocycles. The molecule has 0 saturated carbocycles. The van der Waals surface area contributed by atoms with E-state index in [-0.39, 0.29) is 37.7 Å². The minimum atomic E-state index is -1.80. The predicted octanol–water partition coefficient (Wildman–Crippen LogP) is -4.11. The smallest absolute Gasteiger partial charge is 0.245 e. The highest BCUT2D eigenvalue weighted by Gasteiger charge is 2.36. The van der Waals surface area contributed by atoms with E-state index in [4.69, 9.17) is 16.9 Å². The number of amides is 8. The Balaban J connectivity index is 3.24. The number of imidazole rings is 1. The van der Waals surface area contributed by atoms with E-state index in [9.17, 15) is 58.2 Å². The molecule has 394 valence electrons. The largest absolute Gasteiger partial charge is 0.394 e. The van der Waals surface area contributed by atoms with Crippen molar-refractivity contribution in [3.63, 3.8) is 0 Å². The van der Waals surface area contributed by atoms with Crippen LogP contribution in [0.5, 0.6) is 0 Å². The van der Waals surface area contributed by atoms with E-state index >= 15 is 0 Å². The van der Waals surface area contributed by atoms with Gasteiger partial charge in [-0.05, 0) is 59.3 Å². The summed E-state index contributed by atoms with van der Waals surface area (Å²) >= 11 is 0. The zero-order valence-corrected chi connectivity index (χ0v) is 41.6. The minimum Gasteiger partial charge on any atom is -0.394 e. The second-order valence-electron chi connectivity index (χ2n) is 19.4. The van der Waals surface area contributed by atoms with Crippen LogP contribution in [0.4, 0.5) is 0 Å². The quantitative estimate of drug-likeness (QED) is 0.0191. The molecule has 1 heterocycles. The highest BCUT2D eigenvalue weighted by molar-refractivity contribution is 6.00. The van der Waals surface area contributed by atoms with Crippen LogP contribution in [0, 0.1) is 16.7 Å². The van der Waals surface area contributed by atoms with E-state index in [1.54, 1.807) is 20.8 Å². The third-order valence-corrected chi connectivity index (χ3v) is 10.1. The molecule has 1 aromatic rings. The average molecular weight is 993 g/mol. The lowest BCUT2D eigenvalue weighted by Crippen LogP contribution is -2.60. The zero-order chi connectivity index (χ0) is 53.5. The highest BCUT2D eigenvalue weighted by atomic mass is 16.3. The molecule has 70 heavy (non-hydrogen) atoms. The van der Waals surface area contributed by atoms with E-state index < -0.39 is 145 Å².